The van der Waals surface area contributed by atoms with Crippen LogP contribution in [0, 0.1) is 0 Å². The molecule has 17 heavy (non-hydrogen) atoms. The third-order valence-electron chi connectivity index (χ3n) is 1.32. The van der Waals surface area contributed by atoms with E-state index in [2.05, 4.69) is 18.9 Å². The molecule has 0 spiro atoms. The summed E-state index contributed by atoms with van der Waals surface area (Å²) in [5.74, 6) is -0.795. The Morgan fingerprint density at radius 3 is 2.06 bits per heavy atom. The normalized spacial score (nSPS) is 8.24. The van der Waals surface area contributed by atoms with Crippen LogP contribution in [0.15, 0.2) is 24.8 Å². The van der Waals surface area contributed by atoms with E-state index in [9.17, 15) is 9.59 Å². The molecule has 0 aromatic heterocycles. The van der Waals surface area contributed by atoms with Crippen LogP contribution in [0.4, 0.5) is 0 Å². The van der Waals surface area contributed by atoms with Gasteiger partial charge in [0, 0.05) is 12.1 Å². The van der Waals surface area contributed by atoms with Crippen LogP contribution in [-0.2, 0) is 14.3 Å². The number of nitrogens with zero attached hydrogens (tertiary/aromatic N) is 1. The van der Waals surface area contributed by atoms with Crippen LogP contribution in [0.3, 0.4) is 0 Å². The molecule has 1 amide bonds. The summed E-state index contributed by atoms with van der Waals surface area (Å²) in [6.07, 6.45) is 1.06. The Balaban J connectivity index is -0.000000280. The van der Waals surface area contributed by atoms with Crippen LogP contribution in [0.5, 0.6) is 0 Å². The maximum atomic E-state index is 10.8. The quantitative estimate of drug-likeness (QED) is 0.577. The average Bonchev–Trinajstić information content (AvgIpc) is 2.17. The van der Waals surface area contributed by atoms with Crippen LogP contribution in [-0.4, -0.2) is 44.0 Å². The van der Waals surface area contributed by atoms with E-state index in [-0.39, 0.29) is 13.4 Å². The fraction of sp³-hybridized carbons (Fsp3) is 0.500. The zero-order valence-electron chi connectivity index (χ0n) is 10.2. The lowest BCUT2D eigenvalue weighted by Crippen LogP contribution is -2.20. The van der Waals surface area contributed by atoms with E-state index in [4.69, 9.17) is 4.74 Å². The second kappa shape index (κ2) is 12.4. The lowest BCUT2D eigenvalue weighted by Gasteiger charge is -2.09. The molecule has 0 rings (SSSR count). The minimum atomic E-state index is -0.481. The minimum Gasteiger partial charge on any atom is -0.461 e. The molecule has 0 saturated heterocycles. The van der Waals surface area contributed by atoms with E-state index in [1.165, 1.54) is 0 Å². The largest absolute Gasteiger partial charge is 0.461 e. The molecular formula is C12H24N2O3. The van der Waals surface area contributed by atoms with E-state index in [1.54, 1.807) is 6.92 Å². The van der Waals surface area contributed by atoms with Crippen molar-refractivity contribution in [1.29, 1.82) is 0 Å². The second-order valence-electron chi connectivity index (χ2n) is 3.33. The number of amides is 1. The summed E-state index contributed by atoms with van der Waals surface area (Å²) in [7, 11) is 3.85. The van der Waals surface area contributed by atoms with Gasteiger partial charge in [-0.1, -0.05) is 20.6 Å². The summed E-state index contributed by atoms with van der Waals surface area (Å²) in [4.78, 5) is 22.2. The number of carbonyl (C=O) groups is 2. The zero-order valence-corrected chi connectivity index (χ0v) is 10.2. The van der Waals surface area contributed by atoms with Crippen LogP contribution in [0.1, 0.15) is 14.4 Å². The molecule has 0 fully saturated rings. The Morgan fingerprint density at radius 2 is 1.82 bits per heavy atom. The van der Waals surface area contributed by atoms with Gasteiger partial charge in [-0.2, -0.15) is 0 Å². The van der Waals surface area contributed by atoms with Gasteiger partial charge >= 0.3 is 5.97 Å². The molecule has 0 bridgehead atoms. The Bertz CT molecular complexity index is 260. The van der Waals surface area contributed by atoms with Gasteiger partial charge < -0.3 is 15.4 Å². The predicted molar refractivity (Wildman–Crippen MR) is 70.4 cm³/mol. The third kappa shape index (κ3) is 20.5. The predicted octanol–water partition coefficient (Wildman–Crippen LogP) is 0.961. The molecule has 5 heteroatoms. The third-order valence-corrected chi connectivity index (χ3v) is 1.32. The monoisotopic (exact) mass is 244 g/mol. The molecule has 0 aromatic rings. The summed E-state index contributed by atoms with van der Waals surface area (Å²) < 4.78 is 4.83. The van der Waals surface area contributed by atoms with Gasteiger partial charge in [-0.3, -0.25) is 4.79 Å². The molecule has 0 aromatic carbocycles. The summed E-state index contributed by atoms with van der Waals surface area (Å²) in [6, 6.07) is 0. The van der Waals surface area contributed by atoms with Gasteiger partial charge in [0.1, 0.15) is 6.61 Å². The molecule has 0 aliphatic carbocycles. The maximum absolute atomic E-state index is 10.8. The van der Waals surface area contributed by atoms with Crippen molar-refractivity contribution in [3.05, 3.63) is 24.8 Å². The highest BCUT2D eigenvalue weighted by Crippen LogP contribution is 1.91. The van der Waals surface area contributed by atoms with E-state index in [1.807, 2.05) is 19.0 Å². The Morgan fingerprint density at radius 1 is 1.41 bits per heavy atom. The van der Waals surface area contributed by atoms with Crippen LogP contribution >= 0.6 is 0 Å². The average molecular weight is 244 g/mol. The second-order valence-corrected chi connectivity index (χ2v) is 3.33. The first-order chi connectivity index (χ1) is 7.31. The van der Waals surface area contributed by atoms with Crippen LogP contribution < -0.4 is 5.73 Å². The van der Waals surface area contributed by atoms with Crippen molar-refractivity contribution >= 4 is 11.9 Å². The molecule has 2 N–H and O–H groups in total. The van der Waals surface area contributed by atoms with Crippen molar-refractivity contribution in [2.75, 3.05) is 27.2 Å². The van der Waals surface area contributed by atoms with E-state index < -0.39 is 5.91 Å². The number of ether oxygens (including phenoxy) is 1. The molecule has 0 aliphatic heterocycles. The number of hydrogen-bond acceptors (Lipinski definition) is 4. The van der Waals surface area contributed by atoms with Crippen molar-refractivity contribution in [2.24, 2.45) is 5.73 Å². The van der Waals surface area contributed by atoms with E-state index in [0.29, 0.717) is 12.2 Å². The van der Waals surface area contributed by atoms with Gasteiger partial charge in [-0.15, -0.1) is 0 Å². The van der Waals surface area contributed by atoms with E-state index >= 15 is 0 Å². The number of nitrogens with two attached hydrogens (primary N) is 1. The van der Waals surface area contributed by atoms with Gasteiger partial charge in [-0.05, 0) is 27.1 Å². The number of hydrogen-bond donors (Lipinski definition) is 1. The highest BCUT2D eigenvalue weighted by Gasteiger charge is 2.01. The first-order valence-electron chi connectivity index (χ1n) is 4.70. The Hall–Kier alpha value is -1.62. The number of primary amides is 1. The molecular weight excluding hydrogens is 220 g/mol. The summed E-state index contributed by atoms with van der Waals surface area (Å²) in [5.41, 5.74) is 4.98. The lowest BCUT2D eigenvalue weighted by atomic mass is 10.4. The molecule has 0 unspecified atom stereocenters. The minimum absolute atomic E-state index is 0. The first-order valence-corrected chi connectivity index (χ1v) is 4.70. The lowest BCUT2D eigenvalue weighted by molar-refractivity contribution is -0.139. The van der Waals surface area contributed by atoms with Gasteiger partial charge in [0.2, 0.25) is 5.91 Å². The SMILES string of the molecule is C.C=C(C)C(=O)OCCN(C)C.C=CC(N)=O. The first kappa shape index (κ1) is 20.8. The van der Waals surface area contributed by atoms with Gasteiger partial charge in [0.15, 0.2) is 0 Å². The van der Waals surface area contributed by atoms with Gasteiger partial charge in [0.05, 0.1) is 0 Å². The van der Waals surface area contributed by atoms with Gasteiger partial charge in [0.25, 0.3) is 0 Å². The number of esters is 1. The van der Waals surface area contributed by atoms with Crippen molar-refractivity contribution in [1.82, 2.24) is 4.90 Å². The summed E-state index contributed by atoms with van der Waals surface area (Å²) in [6.45, 7) is 9.37. The smallest absolute Gasteiger partial charge is 0.333 e. The van der Waals surface area contributed by atoms with Crippen molar-refractivity contribution in [3.8, 4) is 0 Å². The van der Waals surface area contributed by atoms with Crippen molar-refractivity contribution in [3.63, 3.8) is 0 Å². The fourth-order valence-electron chi connectivity index (χ4n) is 0.444. The van der Waals surface area contributed by atoms with Crippen LogP contribution in [0.25, 0.3) is 0 Å². The highest BCUT2D eigenvalue weighted by molar-refractivity contribution is 5.86. The van der Waals surface area contributed by atoms with Gasteiger partial charge in [-0.25, -0.2) is 4.79 Å². The van der Waals surface area contributed by atoms with Crippen molar-refractivity contribution in [2.45, 2.75) is 14.4 Å². The standard InChI is InChI=1S/C8H15NO2.C3H5NO.CH4/c1-7(2)8(10)11-6-5-9(3)4;1-2-3(4)5;/h1,5-6H2,2-4H3;2H,1H2,(H2,4,5);1H4. The molecule has 0 saturated carbocycles. The number of likely N-dealkylation sites (N-methyl/N-ethyl adjacent to an activating group) is 1. The van der Waals surface area contributed by atoms with Crippen LogP contribution in [0.2, 0.25) is 0 Å². The summed E-state index contributed by atoms with van der Waals surface area (Å²) in [5, 5.41) is 0. The molecule has 0 atom stereocenters. The molecule has 0 radical (unpaired) electrons. The number of rotatable bonds is 5. The highest BCUT2D eigenvalue weighted by atomic mass is 16.5. The van der Waals surface area contributed by atoms with Crippen molar-refractivity contribution < 1.29 is 14.3 Å². The zero-order chi connectivity index (χ0) is 13.1. The Kier molecular flexibility index (Phi) is 15.2. The number of carbonyl (C=O) groups excluding carboxylic acids is 2. The fourth-order valence-corrected chi connectivity index (χ4v) is 0.444. The maximum Gasteiger partial charge on any atom is 0.333 e. The molecule has 0 heterocycles. The topological polar surface area (TPSA) is 72.6 Å². The molecule has 5 nitrogen and oxygen atoms in total. The Labute approximate surface area is 104 Å². The molecule has 100 valence electrons. The summed E-state index contributed by atoms with van der Waals surface area (Å²) >= 11 is 0. The molecule has 0 aliphatic rings. The van der Waals surface area contributed by atoms with E-state index in [0.717, 1.165) is 12.6 Å².